The lowest BCUT2D eigenvalue weighted by molar-refractivity contribution is -0.242. The molecule has 0 amide bonds. The molecule has 0 atom stereocenters. The predicted octanol–water partition coefficient (Wildman–Crippen LogP) is 1.18. The lowest BCUT2D eigenvalue weighted by Crippen LogP contribution is -2.28. The number of para-hydroxylation sites is 1. The van der Waals surface area contributed by atoms with Gasteiger partial charge in [-0.15, -0.1) is 0 Å². The van der Waals surface area contributed by atoms with Crippen molar-refractivity contribution in [3.05, 3.63) is 29.8 Å². The van der Waals surface area contributed by atoms with Crippen LogP contribution >= 0.6 is 0 Å². The average molecular weight is 310 g/mol. The van der Waals surface area contributed by atoms with Gasteiger partial charge in [0.25, 0.3) is 0 Å². The molecule has 1 aromatic carbocycles. The van der Waals surface area contributed by atoms with Gasteiger partial charge in [0.2, 0.25) is 0 Å². The Bertz CT molecular complexity index is 576. The van der Waals surface area contributed by atoms with Crippen molar-refractivity contribution in [1.82, 2.24) is 0 Å². The first-order valence-electron chi connectivity index (χ1n) is 6.12. The summed E-state index contributed by atoms with van der Waals surface area (Å²) in [6, 6.07) is 5.77. The largest absolute Gasteiger partial charge is 0.426 e. The van der Waals surface area contributed by atoms with Crippen molar-refractivity contribution < 1.29 is 38.1 Å². The van der Waals surface area contributed by atoms with E-state index < -0.39 is 30.4 Å². The standard InChI is InChI=1S/C14H14O8/c1-8(15)19-12-7-5-4-6-11(12)13(18)22-14(20-9(2)16)21-10(3)17/h4-7,14H,1-3H3. The number of hydrogen-bond acceptors (Lipinski definition) is 8. The van der Waals surface area contributed by atoms with Gasteiger partial charge in [-0.2, -0.15) is 0 Å². The van der Waals surface area contributed by atoms with Crippen LogP contribution in [0.2, 0.25) is 0 Å². The molecule has 8 nitrogen and oxygen atoms in total. The molecule has 0 fully saturated rings. The molecule has 0 heterocycles. The quantitative estimate of drug-likeness (QED) is 0.453. The highest BCUT2D eigenvalue weighted by Gasteiger charge is 2.24. The maximum absolute atomic E-state index is 12.0. The van der Waals surface area contributed by atoms with Crippen LogP contribution in [0.3, 0.4) is 0 Å². The van der Waals surface area contributed by atoms with Crippen LogP contribution in [0.4, 0.5) is 0 Å². The van der Waals surface area contributed by atoms with Gasteiger partial charge in [-0.25, -0.2) is 4.79 Å². The Kier molecular flexibility index (Phi) is 6.06. The van der Waals surface area contributed by atoms with Crippen LogP contribution in [0, 0.1) is 0 Å². The van der Waals surface area contributed by atoms with Crippen LogP contribution in [0.5, 0.6) is 5.75 Å². The molecule has 0 N–H and O–H groups in total. The fraction of sp³-hybridized carbons (Fsp3) is 0.286. The van der Waals surface area contributed by atoms with Crippen molar-refractivity contribution in [3.63, 3.8) is 0 Å². The smallest absolute Gasteiger partial charge is 0.413 e. The minimum absolute atomic E-state index is 0.0376. The summed E-state index contributed by atoms with van der Waals surface area (Å²) in [6.45, 7) is 1.45. The molecule has 0 aliphatic heterocycles. The third-order valence-electron chi connectivity index (χ3n) is 2.09. The Hall–Kier alpha value is -2.90. The van der Waals surface area contributed by atoms with Gasteiger partial charge in [0, 0.05) is 20.8 Å². The number of ether oxygens (including phenoxy) is 4. The summed E-state index contributed by atoms with van der Waals surface area (Å²) >= 11 is 0. The highest BCUT2D eigenvalue weighted by molar-refractivity contribution is 5.93. The number of carbonyl (C=O) groups is 4. The first kappa shape index (κ1) is 17.2. The summed E-state index contributed by atoms with van der Waals surface area (Å²) in [5.74, 6) is -3.29. The highest BCUT2D eigenvalue weighted by atomic mass is 16.9. The molecule has 0 saturated carbocycles. The van der Waals surface area contributed by atoms with Crippen LogP contribution in [-0.4, -0.2) is 30.4 Å². The Balaban J connectivity index is 2.91. The molecule has 0 aliphatic carbocycles. The second-order valence-corrected chi connectivity index (χ2v) is 4.00. The van der Waals surface area contributed by atoms with E-state index in [1.165, 1.54) is 25.1 Å². The Morgan fingerprint density at radius 2 is 1.36 bits per heavy atom. The average Bonchev–Trinajstić information content (AvgIpc) is 2.36. The lowest BCUT2D eigenvalue weighted by atomic mass is 10.2. The molecule has 118 valence electrons. The zero-order valence-electron chi connectivity index (χ0n) is 12.2. The van der Waals surface area contributed by atoms with Crippen molar-refractivity contribution in [2.75, 3.05) is 0 Å². The molecule has 0 bridgehead atoms. The van der Waals surface area contributed by atoms with Gasteiger partial charge in [0.15, 0.2) is 0 Å². The molecular weight excluding hydrogens is 296 g/mol. The van der Waals surface area contributed by atoms with E-state index in [0.717, 1.165) is 13.8 Å². The lowest BCUT2D eigenvalue weighted by Gasteiger charge is -2.17. The maximum Gasteiger partial charge on any atom is 0.413 e. The van der Waals surface area contributed by atoms with Crippen LogP contribution in [0.15, 0.2) is 24.3 Å². The van der Waals surface area contributed by atoms with Gasteiger partial charge >= 0.3 is 30.4 Å². The molecule has 1 aromatic rings. The van der Waals surface area contributed by atoms with Crippen LogP contribution in [-0.2, 0) is 28.6 Å². The van der Waals surface area contributed by atoms with E-state index in [-0.39, 0.29) is 11.3 Å². The Morgan fingerprint density at radius 1 is 0.818 bits per heavy atom. The molecule has 0 saturated heterocycles. The molecule has 0 aliphatic rings. The van der Waals surface area contributed by atoms with Crippen molar-refractivity contribution in [2.45, 2.75) is 27.2 Å². The van der Waals surface area contributed by atoms with Crippen LogP contribution in [0.25, 0.3) is 0 Å². The summed E-state index contributed by atoms with van der Waals surface area (Å²) in [4.78, 5) is 44.8. The summed E-state index contributed by atoms with van der Waals surface area (Å²) in [7, 11) is 0. The minimum Gasteiger partial charge on any atom is -0.426 e. The van der Waals surface area contributed by atoms with Gasteiger partial charge in [-0.3, -0.25) is 14.4 Å². The predicted molar refractivity (Wildman–Crippen MR) is 70.5 cm³/mol. The second kappa shape index (κ2) is 7.77. The van der Waals surface area contributed by atoms with Gasteiger partial charge in [-0.05, 0) is 12.1 Å². The zero-order valence-corrected chi connectivity index (χ0v) is 12.2. The van der Waals surface area contributed by atoms with Crippen LogP contribution < -0.4 is 4.74 Å². The fourth-order valence-corrected chi connectivity index (χ4v) is 1.37. The SMILES string of the molecule is CC(=O)Oc1ccccc1C(=O)OC(OC(C)=O)OC(C)=O. The monoisotopic (exact) mass is 310 g/mol. The van der Waals surface area contributed by atoms with E-state index in [4.69, 9.17) is 9.47 Å². The number of hydrogen-bond donors (Lipinski definition) is 0. The molecule has 0 spiro atoms. The minimum atomic E-state index is -1.83. The summed E-state index contributed by atoms with van der Waals surface area (Å²) < 4.78 is 18.7. The van der Waals surface area contributed by atoms with Crippen molar-refractivity contribution >= 4 is 23.9 Å². The van der Waals surface area contributed by atoms with E-state index >= 15 is 0 Å². The van der Waals surface area contributed by atoms with E-state index in [1.807, 2.05) is 0 Å². The van der Waals surface area contributed by atoms with Crippen LogP contribution in [0.1, 0.15) is 31.1 Å². The number of esters is 4. The second-order valence-electron chi connectivity index (χ2n) is 4.00. The summed E-state index contributed by atoms with van der Waals surface area (Å²) in [5.41, 5.74) is -0.0954. The summed E-state index contributed by atoms with van der Waals surface area (Å²) in [5, 5.41) is 0. The third kappa shape index (κ3) is 5.61. The molecule has 0 radical (unpaired) electrons. The van der Waals surface area contributed by atoms with Crippen molar-refractivity contribution in [2.24, 2.45) is 0 Å². The van der Waals surface area contributed by atoms with E-state index in [9.17, 15) is 19.2 Å². The molecule has 1 rings (SSSR count). The van der Waals surface area contributed by atoms with Gasteiger partial charge in [-0.1, -0.05) is 12.1 Å². The number of carbonyl (C=O) groups excluding carboxylic acids is 4. The van der Waals surface area contributed by atoms with E-state index in [0.29, 0.717) is 0 Å². The van der Waals surface area contributed by atoms with E-state index in [1.54, 1.807) is 6.07 Å². The fourth-order valence-electron chi connectivity index (χ4n) is 1.37. The number of benzene rings is 1. The molecule has 0 aromatic heterocycles. The topological polar surface area (TPSA) is 105 Å². The first-order valence-corrected chi connectivity index (χ1v) is 6.12. The van der Waals surface area contributed by atoms with Gasteiger partial charge < -0.3 is 18.9 Å². The molecule has 8 heteroatoms. The van der Waals surface area contributed by atoms with Crippen molar-refractivity contribution in [3.8, 4) is 5.75 Å². The highest BCUT2D eigenvalue weighted by Crippen LogP contribution is 2.20. The Labute approximate surface area is 125 Å². The summed E-state index contributed by atoms with van der Waals surface area (Å²) in [6.07, 6.45) is 0. The van der Waals surface area contributed by atoms with E-state index in [2.05, 4.69) is 9.47 Å². The molecule has 22 heavy (non-hydrogen) atoms. The third-order valence-corrected chi connectivity index (χ3v) is 2.09. The van der Waals surface area contributed by atoms with Gasteiger partial charge in [0.1, 0.15) is 11.3 Å². The maximum atomic E-state index is 12.0. The molecular formula is C14H14O8. The zero-order chi connectivity index (χ0) is 16.7. The normalized spacial score (nSPS) is 9.82. The number of rotatable bonds is 5. The van der Waals surface area contributed by atoms with Gasteiger partial charge in [0.05, 0.1) is 0 Å². The first-order chi connectivity index (χ1) is 10.3. The molecule has 0 unspecified atom stereocenters. The Morgan fingerprint density at radius 3 is 1.86 bits per heavy atom. The van der Waals surface area contributed by atoms with Crippen molar-refractivity contribution in [1.29, 1.82) is 0 Å².